The van der Waals surface area contributed by atoms with Gasteiger partial charge in [0.15, 0.2) is 0 Å². The third-order valence-corrected chi connectivity index (χ3v) is 9.51. The Bertz CT molecular complexity index is 1740. The fourth-order valence-corrected chi connectivity index (χ4v) is 7.19. The van der Waals surface area contributed by atoms with E-state index in [1.165, 1.54) is 33.8 Å². The van der Waals surface area contributed by atoms with E-state index in [1.54, 1.807) is 23.7 Å². The largest absolute Gasteiger partial charge is 0.489 e. The zero-order chi connectivity index (χ0) is 28.6. The lowest BCUT2D eigenvalue weighted by molar-refractivity contribution is 0.148. The second-order valence-corrected chi connectivity index (χ2v) is 12.2. The molecular weight excluding hydrogens is 549 g/mol. The molecule has 7 rings (SSSR count). The van der Waals surface area contributed by atoms with Crippen molar-refractivity contribution in [1.29, 1.82) is 0 Å². The van der Waals surface area contributed by atoms with Gasteiger partial charge in [-0.3, -0.25) is 9.58 Å². The quantitative estimate of drug-likeness (QED) is 0.252. The zero-order valence-electron chi connectivity index (χ0n) is 23.9. The Morgan fingerprint density at radius 2 is 1.90 bits per heavy atom. The van der Waals surface area contributed by atoms with Gasteiger partial charge in [-0.1, -0.05) is 12.1 Å². The highest BCUT2D eigenvalue weighted by Gasteiger charge is 2.27. The van der Waals surface area contributed by atoms with E-state index in [-0.39, 0.29) is 5.82 Å². The molecule has 1 fully saturated rings. The molecule has 4 heterocycles. The Balaban J connectivity index is 1.09. The summed E-state index contributed by atoms with van der Waals surface area (Å²) >= 11 is 1.73. The Morgan fingerprint density at radius 1 is 1.02 bits per heavy atom. The van der Waals surface area contributed by atoms with Gasteiger partial charge in [0.25, 0.3) is 0 Å². The first kappa shape index (κ1) is 27.0. The van der Waals surface area contributed by atoms with E-state index in [4.69, 9.17) is 9.84 Å². The van der Waals surface area contributed by atoms with E-state index in [0.29, 0.717) is 6.61 Å². The highest BCUT2D eigenvalue weighted by Crippen LogP contribution is 2.45. The second-order valence-electron chi connectivity index (χ2n) is 11.2. The lowest BCUT2D eigenvalue weighted by Gasteiger charge is -2.32. The van der Waals surface area contributed by atoms with Crippen LogP contribution in [0.3, 0.4) is 0 Å². The molecule has 1 saturated heterocycles. The molecule has 1 aliphatic heterocycles. The van der Waals surface area contributed by atoms with Crippen LogP contribution in [0.1, 0.15) is 22.4 Å². The molecule has 0 saturated carbocycles. The number of thiophene rings is 1. The first-order valence-electron chi connectivity index (χ1n) is 14.5. The third-order valence-electron chi connectivity index (χ3n) is 8.34. The van der Waals surface area contributed by atoms with Crippen molar-refractivity contribution in [2.75, 3.05) is 45.1 Å². The highest BCUT2D eigenvalue weighted by atomic mass is 32.1. The summed E-state index contributed by atoms with van der Waals surface area (Å²) in [7, 11) is 2.19. The summed E-state index contributed by atoms with van der Waals surface area (Å²) in [5.74, 6) is 1.32. The number of likely N-dealkylation sites (N-methyl/N-ethyl adjacent to an activating group) is 1. The van der Waals surface area contributed by atoms with E-state index < -0.39 is 0 Å². The third kappa shape index (κ3) is 5.37. The monoisotopic (exact) mass is 583 g/mol. The topological polar surface area (TPSA) is 71.3 Å². The Hall–Kier alpha value is -3.86. The molecule has 0 spiro atoms. The van der Waals surface area contributed by atoms with Crippen LogP contribution in [0, 0.1) is 12.7 Å². The van der Waals surface area contributed by atoms with E-state index in [0.717, 1.165) is 90.7 Å². The highest BCUT2D eigenvalue weighted by molar-refractivity contribution is 7.22. The number of hydrogen-bond acceptors (Lipinski definition) is 8. The van der Waals surface area contributed by atoms with Gasteiger partial charge < -0.3 is 15.0 Å². The molecule has 1 N–H and O–H groups in total. The minimum atomic E-state index is -0.259. The number of aromatic nitrogens is 4. The minimum absolute atomic E-state index is 0.259. The van der Waals surface area contributed by atoms with Gasteiger partial charge in [-0.25, -0.2) is 14.4 Å². The predicted octanol–water partition coefficient (Wildman–Crippen LogP) is 5.67. The van der Waals surface area contributed by atoms with Crippen LogP contribution in [-0.4, -0.2) is 69.3 Å². The smallest absolute Gasteiger partial charge is 0.142 e. The average Bonchev–Trinajstić information content (AvgIpc) is 3.58. The number of nitrogens with zero attached hydrogens (tertiary/aromatic N) is 6. The van der Waals surface area contributed by atoms with Gasteiger partial charge >= 0.3 is 0 Å². The number of anilines is 2. The number of rotatable bonds is 8. The van der Waals surface area contributed by atoms with Crippen LogP contribution >= 0.6 is 11.3 Å². The number of piperazine rings is 1. The lowest BCUT2D eigenvalue weighted by atomic mass is 9.95. The van der Waals surface area contributed by atoms with Crippen LogP contribution in [0.25, 0.3) is 20.7 Å². The second kappa shape index (κ2) is 11.4. The van der Waals surface area contributed by atoms with Crippen LogP contribution in [0.2, 0.25) is 0 Å². The molecule has 3 aromatic heterocycles. The van der Waals surface area contributed by atoms with Gasteiger partial charge in [-0.2, -0.15) is 5.10 Å². The van der Waals surface area contributed by atoms with E-state index in [1.807, 2.05) is 31.3 Å². The molecule has 42 heavy (non-hydrogen) atoms. The molecule has 216 valence electrons. The van der Waals surface area contributed by atoms with Crippen molar-refractivity contribution in [3.8, 4) is 16.2 Å². The Kier molecular flexibility index (Phi) is 7.35. The Morgan fingerprint density at radius 3 is 2.74 bits per heavy atom. The van der Waals surface area contributed by atoms with Crippen molar-refractivity contribution in [3.05, 3.63) is 83.2 Å². The summed E-state index contributed by atoms with van der Waals surface area (Å²) in [6.07, 6.45) is 5.58. The summed E-state index contributed by atoms with van der Waals surface area (Å²) in [5, 5.41) is 9.45. The van der Waals surface area contributed by atoms with Gasteiger partial charge in [-0.15, -0.1) is 11.3 Å². The van der Waals surface area contributed by atoms with Crippen LogP contribution in [-0.2, 0) is 26.0 Å². The Labute approximate surface area is 248 Å². The van der Waals surface area contributed by atoms with Gasteiger partial charge in [0.2, 0.25) is 0 Å². The van der Waals surface area contributed by atoms with Crippen molar-refractivity contribution >= 4 is 33.1 Å². The van der Waals surface area contributed by atoms with Crippen molar-refractivity contribution in [2.24, 2.45) is 0 Å². The van der Waals surface area contributed by atoms with Crippen LogP contribution in [0.15, 0.2) is 55.0 Å². The standard InChI is InChI=1S/C32H34FN7OS/c1-21-16-24(6-9-28(21)41-19-22-4-3-5-23(33)17-22)37-31-29-25-7-8-27-26(30(25)42-32(29)35-20-34-31)18-36-40(27)15-14-39-12-10-38(2)11-13-39/h3-6,9,16-18,20H,7-8,10-15,19H2,1-2H3,(H,34,35,37). The summed E-state index contributed by atoms with van der Waals surface area (Å²) in [5.41, 5.74) is 6.58. The maximum absolute atomic E-state index is 13.5. The molecule has 0 unspecified atom stereocenters. The number of hydrogen-bond donors (Lipinski definition) is 1. The molecule has 0 amide bonds. The first-order valence-corrected chi connectivity index (χ1v) is 15.3. The van der Waals surface area contributed by atoms with Gasteiger partial charge in [0.05, 0.1) is 18.1 Å². The average molecular weight is 584 g/mol. The molecule has 2 aliphatic rings. The number of nitrogens with one attached hydrogen (secondary N) is 1. The normalized spacial score (nSPS) is 15.5. The van der Waals surface area contributed by atoms with Crippen molar-refractivity contribution in [2.45, 2.75) is 32.9 Å². The predicted molar refractivity (Wildman–Crippen MR) is 165 cm³/mol. The maximum atomic E-state index is 13.5. The fourth-order valence-electron chi connectivity index (χ4n) is 5.96. The minimum Gasteiger partial charge on any atom is -0.489 e. The molecule has 0 atom stereocenters. The SMILES string of the molecule is Cc1cc(Nc2ncnc3sc4c(c23)CCc2c-4cnn2CCN2CCN(C)CC2)ccc1OCc1cccc(F)c1. The van der Waals surface area contributed by atoms with Crippen LogP contribution in [0.5, 0.6) is 5.75 Å². The summed E-state index contributed by atoms with van der Waals surface area (Å²) < 4.78 is 21.7. The van der Waals surface area contributed by atoms with Gasteiger partial charge in [0, 0.05) is 54.5 Å². The molecular formula is C32H34FN7OS. The molecule has 0 radical (unpaired) electrons. The van der Waals surface area contributed by atoms with Crippen LogP contribution < -0.4 is 10.1 Å². The molecule has 5 aromatic rings. The molecule has 8 nitrogen and oxygen atoms in total. The summed E-state index contributed by atoms with van der Waals surface area (Å²) in [6.45, 7) is 8.80. The molecule has 0 bridgehead atoms. The number of fused-ring (bicyclic) bond motifs is 5. The van der Waals surface area contributed by atoms with E-state index >= 15 is 0 Å². The van der Waals surface area contributed by atoms with Crippen molar-refractivity contribution in [3.63, 3.8) is 0 Å². The first-order chi connectivity index (χ1) is 20.5. The maximum Gasteiger partial charge on any atom is 0.142 e. The number of ether oxygens (including phenoxy) is 1. The van der Waals surface area contributed by atoms with Crippen molar-refractivity contribution < 1.29 is 9.13 Å². The molecule has 10 heteroatoms. The van der Waals surface area contributed by atoms with Crippen molar-refractivity contribution in [1.82, 2.24) is 29.5 Å². The van der Waals surface area contributed by atoms with E-state index in [9.17, 15) is 4.39 Å². The molecule has 1 aliphatic carbocycles. The number of halogens is 1. The fraction of sp³-hybridized carbons (Fsp3) is 0.344. The van der Waals surface area contributed by atoms with Gasteiger partial charge in [0.1, 0.15) is 35.1 Å². The summed E-state index contributed by atoms with van der Waals surface area (Å²) in [6, 6.07) is 12.5. The number of aryl methyl sites for hydroxylation is 2. The lowest BCUT2D eigenvalue weighted by Crippen LogP contribution is -2.45. The van der Waals surface area contributed by atoms with Gasteiger partial charge in [-0.05, 0) is 73.8 Å². The summed E-state index contributed by atoms with van der Waals surface area (Å²) in [4.78, 5) is 16.5. The van der Waals surface area contributed by atoms with Crippen LogP contribution in [0.4, 0.5) is 15.9 Å². The zero-order valence-corrected chi connectivity index (χ0v) is 24.8. The number of benzene rings is 2. The molecule has 2 aromatic carbocycles. The van der Waals surface area contributed by atoms with E-state index in [2.05, 4.69) is 42.9 Å².